The molecule has 2 aliphatic rings. The molecular formula is C11H9BrN2O2S2. The molecule has 1 aromatic carbocycles. The summed E-state index contributed by atoms with van der Waals surface area (Å²) >= 11 is 4.79. The number of rotatable bonds is 1. The molecule has 0 spiro atoms. The number of fused-ring (bicyclic) bond motifs is 1. The smallest absolute Gasteiger partial charge is 0.257 e. The van der Waals surface area contributed by atoms with Gasteiger partial charge < -0.3 is 4.90 Å². The molecule has 1 aromatic rings. The van der Waals surface area contributed by atoms with Crippen molar-refractivity contribution in [3.8, 4) is 0 Å². The van der Waals surface area contributed by atoms with Crippen LogP contribution in [0.5, 0.6) is 0 Å². The zero-order valence-corrected chi connectivity index (χ0v) is 12.4. The molecule has 0 amide bonds. The molecular weight excluding hydrogens is 336 g/mol. The Labute approximate surface area is 118 Å². The van der Waals surface area contributed by atoms with Gasteiger partial charge in [-0.1, -0.05) is 39.8 Å². The van der Waals surface area contributed by atoms with Crippen LogP contribution in [0.15, 0.2) is 38.5 Å². The summed E-state index contributed by atoms with van der Waals surface area (Å²) in [6, 6.07) is 7.93. The molecule has 0 saturated heterocycles. The maximum Gasteiger partial charge on any atom is 0.257 e. The molecule has 3 rings (SSSR count). The zero-order valence-electron chi connectivity index (χ0n) is 9.21. The highest BCUT2D eigenvalue weighted by atomic mass is 79.9. The highest BCUT2D eigenvalue weighted by Gasteiger charge is 2.31. The molecule has 0 bridgehead atoms. The largest absolute Gasteiger partial charge is 0.318 e. The molecule has 94 valence electrons. The fourth-order valence-electron chi connectivity index (χ4n) is 1.87. The molecule has 4 nitrogen and oxygen atoms in total. The second kappa shape index (κ2) is 4.40. The number of hydrogen-bond donors (Lipinski definition) is 0. The lowest BCUT2D eigenvalue weighted by Gasteiger charge is -2.25. The Bertz CT molecular complexity index is 667. The highest BCUT2D eigenvalue weighted by molar-refractivity contribution is 9.10. The van der Waals surface area contributed by atoms with Crippen LogP contribution in [0, 0.1) is 0 Å². The van der Waals surface area contributed by atoms with Crippen molar-refractivity contribution in [2.75, 3.05) is 12.3 Å². The van der Waals surface area contributed by atoms with Crippen LogP contribution >= 0.6 is 27.7 Å². The minimum absolute atomic E-state index is 0.0718. The Morgan fingerprint density at radius 2 is 2.22 bits per heavy atom. The fraction of sp³-hybridized carbons (Fsp3) is 0.182. The SMILES string of the molecule is O=S1(=O)CCN2C(c3cccc(Br)c3)=CSC2=N1. The topological polar surface area (TPSA) is 49.7 Å². The summed E-state index contributed by atoms with van der Waals surface area (Å²) in [5.74, 6) is 0.0718. The number of sulfonamides is 1. The van der Waals surface area contributed by atoms with E-state index in [0.717, 1.165) is 15.7 Å². The van der Waals surface area contributed by atoms with Crippen LogP contribution in [0.4, 0.5) is 0 Å². The number of amidine groups is 1. The second-order valence-electron chi connectivity index (χ2n) is 3.94. The van der Waals surface area contributed by atoms with Crippen molar-refractivity contribution in [3.05, 3.63) is 39.7 Å². The van der Waals surface area contributed by atoms with E-state index in [-0.39, 0.29) is 5.75 Å². The lowest BCUT2D eigenvalue weighted by Crippen LogP contribution is -2.34. The summed E-state index contributed by atoms with van der Waals surface area (Å²) in [6.45, 7) is 0.465. The van der Waals surface area contributed by atoms with E-state index in [0.29, 0.717) is 11.7 Å². The molecule has 18 heavy (non-hydrogen) atoms. The van der Waals surface area contributed by atoms with Gasteiger partial charge in [0.2, 0.25) is 0 Å². The first-order valence-corrected chi connectivity index (χ1v) is 8.56. The first-order valence-electron chi connectivity index (χ1n) is 5.28. The summed E-state index contributed by atoms with van der Waals surface area (Å²) in [5, 5.41) is 2.50. The Balaban J connectivity index is 1.99. The summed E-state index contributed by atoms with van der Waals surface area (Å²) in [4.78, 5) is 1.95. The van der Waals surface area contributed by atoms with E-state index in [4.69, 9.17) is 0 Å². The van der Waals surface area contributed by atoms with Gasteiger partial charge in [-0.15, -0.1) is 4.40 Å². The van der Waals surface area contributed by atoms with Crippen LogP contribution in [0.25, 0.3) is 5.70 Å². The van der Waals surface area contributed by atoms with Crippen LogP contribution in [-0.2, 0) is 10.0 Å². The average molecular weight is 345 g/mol. The van der Waals surface area contributed by atoms with Gasteiger partial charge in [0.15, 0.2) is 5.17 Å². The van der Waals surface area contributed by atoms with Crippen molar-refractivity contribution in [1.82, 2.24) is 4.90 Å². The van der Waals surface area contributed by atoms with Crippen LogP contribution in [0.2, 0.25) is 0 Å². The molecule has 0 atom stereocenters. The molecule has 0 unspecified atom stereocenters. The van der Waals surface area contributed by atoms with Crippen molar-refractivity contribution in [3.63, 3.8) is 0 Å². The molecule has 2 aliphatic heterocycles. The van der Waals surface area contributed by atoms with E-state index in [1.807, 2.05) is 34.6 Å². The summed E-state index contributed by atoms with van der Waals surface area (Å²) in [7, 11) is -3.27. The zero-order chi connectivity index (χ0) is 12.8. The molecule has 0 radical (unpaired) electrons. The third-order valence-corrected chi connectivity index (χ3v) is 5.33. The molecule has 2 heterocycles. The number of benzene rings is 1. The average Bonchev–Trinajstić information content (AvgIpc) is 2.70. The number of hydrogen-bond acceptors (Lipinski definition) is 4. The lowest BCUT2D eigenvalue weighted by atomic mass is 10.1. The van der Waals surface area contributed by atoms with E-state index >= 15 is 0 Å². The van der Waals surface area contributed by atoms with Gasteiger partial charge in [-0.2, -0.15) is 0 Å². The first-order chi connectivity index (χ1) is 8.55. The Kier molecular flexibility index (Phi) is 2.99. The van der Waals surface area contributed by atoms with Crippen molar-refractivity contribution in [2.24, 2.45) is 4.40 Å². The fourth-order valence-corrected chi connectivity index (χ4v) is 4.42. The Morgan fingerprint density at radius 3 is 3.00 bits per heavy atom. The summed E-state index contributed by atoms with van der Waals surface area (Å²) < 4.78 is 27.7. The number of nitrogens with zero attached hydrogens (tertiary/aromatic N) is 2. The van der Waals surface area contributed by atoms with Crippen LogP contribution < -0.4 is 0 Å². The first kappa shape index (κ1) is 12.3. The maximum absolute atomic E-state index is 11.4. The van der Waals surface area contributed by atoms with E-state index < -0.39 is 10.0 Å². The highest BCUT2D eigenvalue weighted by Crippen LogP contribution is 2.35. The quantitative estimate of drug-likeness (QED) is 0.785. The van der Waals surface area contributed by atoms with Gasteiger partial charge >= 0.3 is 0 Å². The Morgan fingerprint density at radius 1 is 1.39 bits per heavy atom. The van der Waals surface area contributed by atoms with Gasteiger partial charge in [-0.05, 0) is 17.7 Å². The second-order valence-corrected chi connectivity index (χ2v) is 7.45. The third-order valence-electron chi connectivity index (χ3n) is 2.71. The van der Waals surface area contributed by atoms with E-state index in [1.165, 1.54) is 11.8 Å². The predicted octanol–water partition coefficient (Wildman–Crippen LogP) is 2.50. The molecule has 0 aromatic heterocycles. The molecule has 0 fully saturated rings. The van der Waals surface area contributed by atoms with Gasteiger partial charge in [0.05, 0.1) is 11.4 Å². The molecule has 0 N–H and O–H groups in total. The minimum Gasteiger partial charge on any atom is -0.318 e. The van der Waals surface area contributed by atoms with Gasteiger partial charge in [0.1, 0.15) is 0 Å². The standard InChI is InChI=1S/C11H9BrN2O2S2/c12-9-3-1-2-8(6-9)10-7-17-11-13-18(15,16)5-4-14(10)11/h1-3,6-7H,4-5H2. The Hall–Kier alpha value is -0.790. The monoisotopic (exact) mass is 344 g/mol. The lowest BCUT2D eigenvalue weighted by molar-refractivity contribution is 0.567. The maximum atomic E-state index is 11.4. The summed E-state index contributed by atoms with van der Waals surface area (Å²) in [6.07, 6.45) is 0. The van der Waals surface area contributed by atoms with Gasteiger partial charge in [-0.25, -0.2) is 8.42 Å². The minimum atomic E-state index is -3.27. The van der Waals surface area contributed by atoms with E-state index in [9.17, 15) is 8.42 Å². The number of halogens is 1. The predicted molar refractivity (Wildman–Crippen MR) is 77.6 cm³/mol. The van der Waals surface area contributed by atoms with Gasteiger partial charge in [0.25, 0.3) is 10.0 Å². The van der Waals surface area contributed by atoms with Gasteiger partial charge in [-0.3, -0.25) is 0 Å². The van der Waals surface area contributed by atoms with Crippen molar-refractivity contribution in [1.29, 1.82) is 0 Å². The molecule has 0 aliphatic carbocycles. The van der Waals surface area contributed by atoms with Crippen LogP contribution in [-0.4, -0.2) is 30.8 Å². The van der Waals surface area contributed by atoms with E-state index in [1.54, 1.807) is 0 Å². The number of thioether (sulfide) groups is 1. The van der Waals surface area contributed by atoms with Crippen molar-refractivity contribution in [2.45, 2.75) is 0 Å². The van der Waals surface area contributed by atoms with Crippen molar-refractivity contribution >= 4 is 48.6 Å². The third kappa shape index (κ3) is 2.22. The van der Waals surface area contributed by atoms with E-state index in [2.05, 4.69) is 20.3 Å². The molecule has 7 heteroatoms. The van der Waals surface area contributed by atoms with Crippen LogP contribution in [0.1, 0.15) is 5.56 Å². The van der Waals surface area contributed by atoms with Crippen molar-refractivity contribution < 1.29 is 8.42 Å². The summed E-state index contributed by atoms with van der Waals surface area (Å²) in [5.41, 5.74) is 2.07. The van der Waals surface area contributed by atoms with Gasteiger partial charge in [0, 0.05) is 16.4 Å². The van der Waals surface area contributed by atoms with Crippen LogP contribution in [0.3, 0.4) is 0 Å². The molecule has 0 saturated carbocycles. The normalized spacial score (nSPS) is 21.3.